The summed E-state index contributed by atoms with van der Waals surface area (Å²) in [5.41, 5.74) is 2.01. The molecule has 1 N–H and O–H groups in total. The maximum atomic E-state index is 12.9. The van der Waals surface area contributed by atoms with Crippen molar-refractivity contribution in [2.75, 3.05) is 50.6 Å². The molecule has 2 aromatic heterocycles. The third-order valence-electron chi connectivity index (χ3n) is 5.20. The van der Waals surface area contributed by atoms with Crippen LogP contribution in [0.2, 0.25) is 0 Å². The fraction of sp³-hybridized carbons (Fsp3) is 0.333. The smallest absolute Gasteiger partial charge is 0.275 e. The number of ether oxygens (including phenoxy) is 1. The molecule has 1 aliphatic rings. The number of aromatic nitrogens is 4. The maximum Gasteiger partial charge on any atom is 0.275 e. The van der Waals surface area contributed by atoms with Crippen LogP contribution in [0.25, 0.3) is 11.3 Å². The van der Waals surface area contributed by atoms with Gasteiger partial charge in [0.05, 0.1) is 12.8 Å². The number of rotatable bonds is 5. The monoisotopic (exact) mass is 407 g/mol. The molecule has 0 radical (unpaired) electrons. The lowest BCUT2D eigenvalue weighted by Gasteiger charge is -2.33. The summed E-state index contributed by atoms with van der Waals surface area (Å²) < 4.78 is 6.83. The Bertz CT molecular complexity index is 1040. The van der Waals surface area contributed by atoms with Gasteiger partial charge in [0.2, 0.25) is 0 Å². The van der Waals surface area contributed by atoms with E-state index < -0.39 is 0 Å². The van der Waals surface area contributed by atoms with Crippen LogP contribution in [-0.2, 0) is 7.05 Å². The molecular weight excluding hydrogens is 382 g/mol. The number of benzene rings is 1. The Morgan fingerprint density at radius 3 is 2.63 bits per heavy atom. The fourth-order valence-electron chi connectivity index (χ4n) is 3.41. The fourth-order valence-corrected chi connectivity index (χ4v) is 3.41. The molecule has 1 aliphatic heterocycles. The lowest BCUT2D eigenvalue weighted by molar-refractivity contribution is 0.101. The van der Waals surface area contributed by atoms with Gasteiger partial charge >= 0.3 is 0 Å². The summed E-state index contributed by atoms with van der Waals surface area (Å²) in [6.07, 6.45) is 1.48. The van der Waals surface area contributed by atoms with Gasteiger partial charge in [-0.05, 0) is 25.2 Å². The van der Waals surface area contributed by atoms with E-state index in [0.717, 1.165) is 43.3 Å². The van der Waals surface area contributed by atoms with Crippen LogP contribution in [0.1, 0.15) is 10.5 Å². The number of nitrogens with one attached hydrogen (secondary N) is 1. The lowest BCUT2D eigenvalue weighted by atomic mass is 10.1. The van der Waals surface area contributed by atoms with Crippen molar-refractivity contribution in [3.63, 3.8) is 0 Å². The van der Waals surface area contributed by atoms with E-state index in [-0.39, 0.29) is 5.91 Å². The first-order valence-electron chi connectivity index (χ1n) is 9.79. The zero-order chi connectivity index (χ0) is 21.1. The van der Waals surface area contributed by atoms with E-state index in [0.29, 0.717) is 17.2 Å². The second kappa shape index (κ2) is 8.50. The molecule has 30 heavy (non-hydrogen) atoms. The molecule has 1 saturated heterocycles. The Morgan fingerprint density at radius 2 is 1.87 bits per heavy atom. The number of likely N-dealkylation sites (N-methyl/N-ethyl adjacent to an activating group) is 1. The predicted molar refractivity (Wildman–Crippen MR) is 115 cm³/mol. The van der Waals surface area contributed by atoms with Gasteiger partial charge in [0.15, 0.2) is 0 Å². The number of hydrogen-bond donors (Lipinski definition) is 1. The first kappa shape index (κ1) is 19.8. The van der Waals surface area contributed by atoms with Gasteiger partial charge in [-0.1, -0.05) is 12.1 Å². The number of aryl methyl sites for hydroxylation is 1. The molecule has 4 rings (SSSR count). The van der Waals surface area contributed by atoms with E-state index in [4.69, 9.17) is 4.74 Å². The Balaban J connectivity index is 1.50. The van der Waals surface area contributed by atoms with Crippen molar-refractivity contribution >= 4 is 17.5 Å². The molecule has 9 nitrogen and oxygen atoms in total. The quantitative estimate of drug-likeness (QED) is 0.691. The molecule has 3 heterocycles. The largest absolute Gasteiger partial charge is 0.497 e. The van der Waals surface area contributed by atoms with E-state index in [1.165, 1.54) is 6.33 Å². The molecular formula is C21H25N7O2. The standard InChI is InChI=1S/C21H25N7O2/c1-26-7-9-28(10-8-26)20-13-19(22-14-23-20)24-21(29)18-12-17(25-27(18)2)15-5-4-6-16(11-15)30-3/h4-6,11-14H,7-10H2,1-3H3,(H,22,23,24,29). The normalized spacial score (nSPS) is 14.6. The number of hydrogen-bond acceptors (Lipinski definition) is 7. The molecule has 9 heteroatoms. The average molecular weight is 407 g/mol. The van der Waals surface area contributed by atoms with Gasteiger partial charge in [-0.15, -0.1) is 0 Å². The van der Waals surface area contributed by atoms with Crippen LogP contribution in [0.5, 0.6) is 5.75 Å². The Kier molecular flexibility index (Phi) is 5.62. The first-order chi connectivity index (χ1) is 14.5. The number of amides is 1. The number of carbonyl (C=O) groups excluding carboxylic acids is 1. The summed E-state index contributed by atoms with van der Waals surface area (Å²) in [6.45, 7) is 3.75. The number of piperazine rings is 1. The van der Waals surface area contributed by atoms with E-state index >= 15 is 0 Å². The van der Waals surface area contributed by atoms with Gasteiger partial charge in [-0.2, -0.15) is 5.10 Å². The minimum Gasteiger partial charge on any atom is -0.497 e. The van der Waals surface area contributed by atoms with Gasteiger partial charge < -0.3 is 19.9 Å². The lowest BCUT2D eigenvalue weighted by Crippen LogP contribution is -2.44. The van der Waals surface area contributed by atoms with Gasteiger partial charge in [-0.25, -0.2) is 9.97 Å². The summed E-state index contributed by atoms with van der Waals surface area (Å²) >= 11 is 0. The first-order valence-corrected chi connectivity index (χ1v) is 9.79. The highest BCUT2D eigenvalue weighted by Crippen LogP contribution is 2.24. The molecule has 1 fully saturated rings. The van der Waals surface area contributed by atoms with Crippen molar-refractivity contribution in [1.29, 1.82) is 0 Å². The highest BCUT2D eigenvalue weighted by Gasteiger charge is 2.18. The molecule has 1 amide bonds. The summed E-state index contributed by atoms with van der Waals surface area (Å²) in [7, 11) is 5.47. The average Bonchev–Trinajstić information content (AvgIpc) is 3.16. The molecule has 0 atom stereocenters. The van der Waals surface area contributed by atoms with Crippen molar-refractivity contribution in [2.24, 2.45) is 7.05 Å². The number of carbonyl (C=O) groups is 1. The summed E-state index contributed by atoms with van der Waals surface area (Å²) in [5.74, 6) is 1.74. The van der Waals surface area contributed by atoms with Crippen LogP contribution >= 0.6 is 0 Å². The maximum absolute atomic E-state index is 12.9. The molecule has 1 aromatic carbocycles. The van der Waals surface area contributed by atoms with Crippen LogP contribution in [0.3, 0.4) is 0 Å². The van der Waals surface area contributed by atoms with Gasteiger partial charge in [0, 0.05) is 44.9 Å². The van der Waals surface area contributed by atoms with E-state index in [2.05, 4.69) is 37.2 Å². The summed E-state index contributed by atoms with van der Waals surface area (Å²) in [6, 6.07) is 11.1. The number of anilines is 2. The molecule has 0 bridgehead atoms. The molecule has 0 aliphatic carbocycles. The summed E-state index contributed by atoms with van der Waals surface area (Å²) in [5, 5.41) is 7.33. The minimum absolute atomic E-state index is 0.276. The summed E-state index contributed by atoms with van der Waals surface area (Å²) in [4.78, 5) is 25.9. The zero-order valence-electron chi connectivity index (χ0n) is 17.4. The van der Waals surface area contributed by atoms with Crippen LogP contribution in [0.4, 0.5) is 11.6 Å². The van der Waals surface area contributed by atoms with Crippen LogP contribution in [-0.4, -0.2) is 70.9 Å². The van der Waals surface area contributed by atoms with E-state index in [1.54, 1.807) is 24.9 Å². The van der Waals surface area contributed by atoms with Crippen LogP contribution in [0.15, 0.2) is 42.7 Å². The van der Waals surface area contributed by atoms with Crippen LogP contribution in [0, 0.1) is 0 Å². The van der Waals surface area contributed by atoms with Crippen molar-refractivity contribution in [1.82, 2.24) is 24.6 Å². The molecule has 0 unspecified atom stereocenters. The topological polar surface area (TPSA) is 88.4 Å². The second-order valence-corrected chi connectivity index (χ2v) is 7.28. The molecule has 3 aromatic rings. The zero-order valence-corrected chi connectivity index (χ0v) is 17.4. The van der Waals surface area contributed by atoms with Gasteiger partial charge in [0.25, 0.3) is 5.91 Å². The number of methoxy groups -OCH3 is 1. The second-order valence-electron chi connectivity index (χ2n) is 7.28. The molecule has 0 saturated carbocycles. The Hall–Kier alpha value is -3.46. The SMILES string of the molecule is COc1cccc(-c2cc(C(=O)Nc3cc(N4CCN(C)CC4)ncn3)n(C)n2)c1. The number of nitrogens with zero attached hydrogens (tertiary/aromatic N) is 6. The van der Waals surface area contributed by atoms with Gasteiger partial charge in [-0.3, -0.25) is 9.48 Å². The van der Waals surface area contributed by atoms with Crippen molar-refractivity contribution < 1.29 is 9.53 Å². The van der Waals surface area contributed by atoms with Crippen molar-refractivity contribution in [2.45, 2.75) is 0 Å². The van der Waals surface area contributed by atoms with E-state index in [1.807, 2.05) is 30.3 Å². The predicted octanol–water partition coefficient (Wildman–Crippen LogP) is 1.89. The third-order valence-corrected chi connectivity index (χ3v) is 5.20. The highest BCUT2D eigenvalue weighted by molar-refractivity contribution is 6.03. The van der Waals surface area contributed by atoms with E-state index in [9.17, 15) is 4.79 Å². The Morgan fingerprint density at radius 1 is 1.07 bits per heavy atom. The minimum atomic E-state index is -0.276. The van der Waals surface area contributed by atoms with Crippen molar-refractivity contribution in [3.8, 4) is 17.0 Å². The third kappa shape index (κ3) is 4.25. The Labute approximate surface area is 175 Å². The van der Waals surface area contributed by atoms with Gasteiger partial charge in [0.1, 0.15) is 29.4 Å². The van der Waals surface area contributed by atoms with Crippen LogP contribution < -0.4 is 15.0 Å². The highest BCUT2D eigenvalue weighted by atomic mass is 16.5. The molecule has 156 valence electrons. The molecule has 0 spiro atoms. The van der Waals surface area contributed by atoms with Crippen molar-refractivity contribution in [3.05, 3.63) is 48.4 Å².